The monoisotopic (exact) mass is 256 g/mol. The van der Waals surface area contributed by atoms with Gasteiger partial charge in [0.05, 0.1) is 11.1 Å². The standard InChI is InChI=1S/C16H20N2O/c1-5-17-16(3,4)15(19)13-8-9-14-12(10-13)7-6-11(2)18-14/h6-10,17H,5H2,1-4H3. The highest BCUT2D eigenvalue weighted by atomic mass is 16.1. The van der Waals surface area contributed by atoms with Gasteiger partial charge in [0.1, 0.15) is 0 Å². The van der Waals surface area contributed by atoms with Gasteiger partial charge in [0.25, 0.3) is 0 Å². The Hall–Kier alpha value is -1.74. The van der Waals surface area contributed by atoms with Gasteiger partial charge in [-0.1, -0.05) is 13.0 Å². The van der Waals surface area contributed by atoms with Crippen molar-refractivity contribution in [2.45, 2.75) is 33.2 Å². The van der Waals surface area contributed by atoms with Crippen molar-refractivity contribution in [1.82, 2.24) is 10.3 Å². The molecule has 0 atom stereocenters. The minimum atomic E-state index is -0.541. The van der Waals surface area contributed by atoms with Gasteiger partial charge in [-0.2, -0.15) is 0 Å². The Morgan fingerprint density at radius 1 is 1.26 bits per heavy atom. The van der Waals surface area contributed by atoms with Crippen molar-refractivity contribution in [2.24, 2.45) is 0 Å². The topological polar surface area (TPSA) is 42.0 Å². The van der Waals surface area contributed by atoms with Crippen LogP contribution in [0, 0.1) is 6.92 Å². The SMILES string of the molecule is CCNC(C)(C)C(=O)c1ccc2nc(C)ccc2c1. The predicted molar refractivity (Wildman–Crippen MR) is 78.6 cm³/mol. The quantitative estimate of drug-likeness (QED) is 0.855. The van der Waals surface area contributed by atoms with E-state index in [1.54, 1.807) is 0 Å². The van der Waals surface area contributed by atoms with Crippen molar-refractivity contribution in [3.05, 3.63) is 41.6 Å². The molecule has 0 aliphatic rings. The largest absolute Gasteiger partial charge is 0.305 e. The molecule has 0 spiro atoms. The zero-order valence-electron chi connectivity index (χ0n) is 11.9. The van der Waals surface area contributed by atoms with Gasteiger partial charge in [0, 0.05) is 16.6 Å². The molecule has 2 rings (SSSR count). The summed E-state index contributed by atoms with van der Waals surface area (Å²) in [6.07, 6.45) is 0. The maximum absolute atomic E-state index is 12.5. The lowest BCUT2D eigenvalue weighted by molar-refractivity contribution is 0.0884. The first-order valence-electron chi connectivity index (χ1n) is 6.61. The number of benzene rings is 1. The number of aromatic nitrogens is 1. The molecule has 1 heterocycles. The molecule has 100 valence electrons. The fraction of sp³-hybridized carbons (Fsp3) is 0.375. The minimum absolute atomic E-state index is 0.108. The second-order valence-electron chi connectivity index (χ2n) is 5.34. The summed E-state index contributed by atoms with van der Waals surface area (Å²) in [6.45, 7) is 8.56. The molecule has 0 fully saturated rings. The first-order valence-corrected chi connectivity index (χ1v) is 6.61. The average Bonchev–Trinajstić information content (AvgIpc) is 2.37. The molecular formula is C16H20N2O. The van der Waals surface area contributed by atoms with E-state index < -0.39 is 5.54 Å². The smallest absolute Gasteiger partial charge is 0.182 e. The van der Waals surface area contributed by atoms with Gasteiger partial charge >= 0.3 is 0 Å². The Morgan fingerprint density at radius 2 is 2.00 bits per heavy atom. The Labute approximate surface area is 114 Å². The van der Waals surface area contributed by atoms with Gasteiger partial charge in [-0.3, -0.25) is 9.78 Å². The summed E-state index contributed by atoms with van der Waals surface area (Å²) in [6, 6.07) is 9.66. The Bertz CT molecular complexity index is 617. The lowest BCUT2D eigenvalue weighted by atomic mass is 9.92. The van der Waals surface area contributed by atoms with Crippen molar-refractivity contribution >= 4 is 16.7 Å². The first kappa shape index (κ1) is 13.7. The van der Waals surface area contributed by atoms with E-state index in [0.717, 1.165) is 28.7 Å². The van der Waals surface area contributed by atoms with Crippen LogP contribution in [0.3, 0.4) is 0 Å². The van der Waals surface area contributed by atoms with Crippen LogP contribution in [0.25, 0.3) is 10.9 Å². The molecule has 3 nitrogen and oxygen atoms in total. The molecule has 0 aliphatic heterocycles. The number of Topliss-reactive ketones (excluding diaryl/α,β-unsaturated/α-hetero) is 1. The lowest BCUT2D eigenvalue weighted by Crippen LogP contribution is -2.46. The van der Waals surface area contributed by atoms with Crippen LogP contribution in [0.4, 0.5) is 0 Å². The van der Waals surface area contributed by atoms with Crippen molar-refractivity contribution in [2.75, 3.05) is 6.54 Å². The number of carbonyl (C=O) groups excluding carboxylic acids is 1. The normalized spacial score (nSPS) is 11.8. The molecule has 0 saturated heterocycles. The summed E-state index contributed by atoms with van der Waals surface area (Å²) in [4.78, 5) is 16.9. The van der Waals surface area contributed by atoms with Crippen LogP contribution < -0.4 is 5.32 Å². The van der Waals surface area contributed by atoms with E-state index in [0.29, 0.717) is 0 Å². The predicted octanol–water partition coefficient (Wildman–Crippen LogP) is 3.11. The Kier molecular flexibility index (Phi) is 3.67. The number of nitrogens with zero attached hydrogens (tertiary/aromatic N) is 1. The van der Waals surface area contributed by atoms with E-state index in [1.165, 1.54) is 0 Å². The third-order valence-electron chi connectivity index (χ3n) is 3.28. The van der Waals surface area contributed by atoms with E-state index in [2.05, 4.69) is 10.3 Å². The maximum atomic E-state index is 12.5. The van der Waals surface area contributed by atoms with Crippen molar-refractivity contribution in [1.29, 1.82) is 0 Å². The molecule has 0 amide bonds. The molecule has 1 N–H and O–H groups in total. The fourth-order valence-corrected chi connectivity index (χ4v) is 2.25. The van der Waals surface area contributed by atoms with Gasteiger partial charge in [-0.25, -0.2) is 0 Å². The average molecular weight is 256 g/mol. The zero-order chi connectivity index (χ0) is 14.0. The van der Waals surface area contributed by atoms with E-state index in [9.17, 15) is 4.79 Å². The van der Waals surface area contributed by atoms with Crippen LogP contribution in [-0.4, -0.2) is 22.9 Å². The van der Waals surface area contributed by atoms with Crippen LogP contribution in [0.15, 0.2) is 30.3 Å². The van der Waals surface area contributed by atoms with Crippen LogP contribution in [-0.2, 0) is 0 Å². The highest BCUT2D eigenvalue weighted by molar-refractivity contribution is 6.04. The number of pyridine rings is 1. The summed E-state index contributed by atoms with van der Waals surface area (Å²) in [7, 11) is 0. The van der Waals surface area contributed by atoms with E-state index >= 15 is 0 Å². The summed E-state index contributed by atoms with van der Waals surface area (Å²) >= 11 is 0. The molecule has 1 aromatic heterocycles. The second-order valence-corrected chi connectivity index (χ2v) is 5.34. The van der Waals surface area contributed by atoms with Gasteiger partial charge in [0.15, 0.2) is 5.78 Å². The molecule has 19 heavy (non-hydrogen) atoms. The highest BCUT2D eigenvalue weighted by Gasteiger charge is 2.27. The number of hydrogen-bond acceptors (Lipinski definition) is 3. The van der Waals surface area contributed by atoms with Crippen molar-refractivity contribution in [3.8, 4) is 0 Å². The van der Waals surface area contributed by atoms with Crippen LogP contribution in [0.2, 0.25) is 0 Å². The summed E-state index contributed by atoms with van der Waals surface area (Å²) < 4.78 is 0. The summed E-state index contributed by atoms with van der Waals surface area (Å²) in [5.41, 5.74) is 2.10. The second kappa shape index (κ2) is 5.10. The number of aryl methyl sites for hydroxylation is 1. The number of hydrogen-bond donors (Lipinski definition) is 1. The number of ketones is 1. The van der Waals surface area contributed by atoms with E-state index in [4.69, 9.17) is 0 Å². The van der Waals surface area contributed by atoms with Crippen molar-refractivity contribution in [3.63, 3.8) is 0 Å². The molecule has 0 aliphatic carbocycles. The fourth-order valence-electron chi connectivity index (χ4n) is 2.25. The zero-order valence-corrected chi connectivity index (χ0v) is 11.9. The number of rotatable bonds is 4. The van der Waals surface area contributed by atoms with E-state index in [-0.39, 0.29) is 5.78 Å². The molecule has 0 radical (unpaired) electrons. The molecule has 0 bridgehead atoms. The minimum Gasteiger partial charge on any atom is -0.305 e. The van der Waals surface area contributed by atoms with E-state index in [1.807, 2.05) is 58.0 Å². The number of likely N-dealkylation sites (N-methyl/N-ethyl adjacent to an activating group) is 1. The molecule has 3 heteroatoms. The van der Waals surface area contributed by atoms with Gasteiger partial charge in [-0.15, -0.1) is 0 Å². The number of fused-ring (bicyclic) bond motifs is 1. The molecule has 0 saturated carbocycles. The Morgan fingerprint density at radius 3 is 2.68 bits per heavy atom. The van der Waals surface area contributed by atoms with Gasteiger partial charge < -0.3 is 5.32 Å². The van der Waals surface area contributed by atoms with Crippen LogP contribution >= 0.6 is 0 Å². The summed E-state index contributed by atoms with van der Waals surface area (Å²) in [5, 5.41) is 4.22. The van der Waals surface area contributed by atoms with Crippen molar-refractivity contribution < 1.29 is 4.79 Å². The van der Waals surface area contributed by atoms with Crippen LogP contribution in [0.5, 0.6) is 0 Å². The first-order chi connectivity index (χ1) is 8.94. The van der Waals surface area contributed by atoms with Crippen LogP contribution in [0.1, 0.15) is 36.8 Å². The third kappa shape index (κ3) is 2.82. The molecule has 0 unspecified atom stereocenters. The van der Waals surface area contributed by atoms with Gasteiger partial charge in [0.2, 0.25) is 0 Å². The molecular weight excluding hydrogens is 236 g/mol. The highest BCUT2D eigenvalue weighted by Crippen LogP contribution is 2.19. The third-order valence-corrected chi connectivity index (χ3v) is 3.28. The summed E-state index contributed by atoms with van der Waals surface area (Å²) in [5.74, 6) is 0.108. The Balaban J connectivity index is 2.41. The number of carbonyl (C=O) groups is 1. The molecule has 1 aromatic carbocycles. The number of nitrogens with one attached hydrogen (secondary N) is 1. The molecule has 2 aromatic rings. The maximum Gasteiger partial charge on any atom is 0.182 e. The lowest BCUT2D eigenvalue weighted by Gasteiger charge is -2.24. The van der Waals surface area contributed by atoms with Gasteiger partial charge in [-0.05, 0) is 51.6 Å².